The zero-order chi connectivity index (χ0) is 25.4. The molecule has 3 aromatic carbocycles. The number of hydrogen-bond donors (Lipinski definition) is 2. The van der Waals surface area contributed by atoms with Crippen molar-refractivity contribution in [3.8, 4) is 5.75 Å². The number of aromatic hydroxyl groups is 1. The molecule has 0 bridgehead atoms. The van der Waals surface area contributed by atoms with Crippen molar-refractivity contribution in [3.63, 3.8) is 0 Å². The van der Waals surface area contributed by atoms with Gasteiger partial charge in [0.05, 0.1) is 0 Å². The molecule has 0 unspecified atom stereocenters. The Balaban J connectivity index is 0. The van der Waals surface area contributed by atoms with Gasteiger partial charge in [0.25, 0.3) is 0 Å². The Morgan fingerprint density at radius 2 is 0.941 bits per heavy atom. The van der Waals surface area contributed by atoms with Gasteiger partial charge in [-0.1, -0.05) is 82.9 Å². The molecule has 0 aliphatic heterocycles. The summed E-state index contributed by atoms with van der Waals surface area (Å²) in [5.74, 6) is 0.322. The number of unbranched alkanes of at least 4 members (excludes halogenated alkanes) is 9. The topological polar surface area (TPSA) is 57.5 Å². The van der Waals surface area contributed by atoms with Gasteiger partial charge in [0.1, 0.15) is 5.75 Å². The van der Waals surface area contributed by atoms with Crippen LogP contribution in [0.3, 0.4) is 0 Å². The molecule has 4 heteroatoms. The number of aliphatic hydroxyl groups is 1. The Morgan fingerprint density at radius 3 is 1.18 bits per heavy atom. The molecule has 34 heavy (non-hydrogen) atoms. The molecule has 0 fully saturated rings. The van der Waals surface area contributed by atoms with E-state index < -0.39 is 0 Å². The summed E-state index contributed by atoms with van der Waals surface area (Å²) in [7, 11) is 0. The fraction of sp³-hybridized carbons (Fsp3) is 0.400. The van der Waals surface area contributed by atoms with E-state index in [0.717, 1.165) is 26.8 Å². The summed E-state index contributed by atoms with van der Waals surface area (Å²) in [6.07, 6.45) is 13.3. The smallest absolute Gasteiger partial charge is 0.171 e. The molecule has 0 radical (unpaired) electrons. The molecule has 0 heterocycles. The fourth-order valence-electron chi connectivity index (χ4n) is 2.71. The standard InChI is InChI=1S/C12H26O.C6H6O.2C6H5.O.Ti/c1-2-3-4-5-6-7-8-9-10-11-12-13;7-6-4-2-1-3-5-6;2*1-2-4-6-5-3-1;;/h13H,2-12H2,1H3;1-5,7H;2*1-5H;;/q;;2*-1;;+2. The summed E-state index contributed by atoms with van der Waals surface area (Å²) in [5, 5.41) is 17.2. The summed E-state index contributed by atoms with van der Waals surface area (Å²) in [5.41, 5.74) is 0. The second kappa shape index (κ2) is 33.1. The van der Waals surface area contributed by atoms with Crippen LogP contribution in [0, 0.1) is 12.1 Å². The van der Waals surface area contributed by atoms with Crippen molar-refractivity contribution in [2.75, 3.05) is 6.61 Å². The molecule has 0 aliphatic carbocycles. The van der Waals surface area contributed by atoms with Gasteiger partial charge in [-0.05, 0) is 18.6 Å². The van der Waals surface area contributed by atoms with Gasteiger partial charge in [0.15, 0.2) is 0 Å². The van der Waals surface area contributed by atoms with Crippen molar-refractivity contribution in [1.29, 1.82) is 0 Å². The average molecular weight is 499 g/mol. The molecule has 0 saturated heterocycles. The van der Waals surface area contributed by atoms with Crippen LogP contribution >= 0.6 is 0 Å². The van der Waals surface area contributed by atoms with Gasteiger partial charge >= 0.3 is 23.7 Å². The maximum absolute atomic E-state index is 8.63. The third-order valence-corrected chi connectivity index (χ3v) is 4.48. The van der Waals surface area contributed by atoms with Gasteiger partial charge in [-0.25, -0.2) is 0 Å². The molecule has 184 valence electrons. The summed E-state index contributed by atoms with van der Waals surface area (Å²) in [4.78, 5) is 0. The molecule has 3 nitrogen and oxygen atoms in total. The van der Waals surface area contributed by atoms with Crippen LogP contribution in [0.1, 0.15) is 71.1 Å². The molecular weight excluding hydrogens is 456 g/mol. The Hall–Kier alpha value is -2.07. The van der Waals surface area contributed by atoms with Crippen molar-refractivity contribution in [3.05, 3.63) is 103 Å². The van der Waals surface area contributed by atoms with E-state index in [1.807, 2.05) is 66.7 Å². The van der Waals surface area contributed by atoms with Crippen LogP contribution < -0.4 is 0 Å². The van der Waals surface area contributed by atoms with Crippen LogP contribution in [0.5, 0.6) is 5.75 Å². The van der Waals surface area contributed by atoms with Crippen LogP contribution in [-0.4, -0.2) is 16.8 Å². The molecule has 0 saturated carbocycles. The van der Waals surface area contributed by atoms with Gasteiger partial charge in [-0.3, -0.25) is 0 Å². The summed E-state index contributed by atoms with van der Waals surface area (Å²) >= 11 is 0.750. The van der Waals surface area contributed by atoms with E-state index in [1.54, 1.807) is 24.3 Å². The van der Waals surface area contributed by atoms with E-state index in [-0.39, 0.29) is 0 Å². The molecule has 2 N–H and O–H groups in total. The number of phenols is 1. The van der Waals surface area contributed by atoms with Gasteiger partial charge in [-0.2, -0.15) is 72.8 Å². The maximum atomic E-state index is 8.63. The third-order valence-electron chi connectivity index (χ3n) is 4.48. The van der Waals surface area contributed by atoms with Crippen LogP contribution in [0.25, 0.3) is 0 Å². The Kier molecular flexibility index (Phi) is 33.2. The first-order valence-corrected chi connectivity index (χ1v) is 12.8. The normalized spacial score (nSPS) is 8.82. The van der Waals surface area contributed by atoms with Crippen molar-refractivity contribution in [1.82, 2.24) is 0 Å². The predicted octanol–water partition coefficient (Wildman–Crippen LogP) is 8.14. The van der Waals surface area contributed by atoms with Gasteiger partial charge in [0, 0.05) is 6.61 Å². The van der Waals surface area contributed by atoms with Crippen molar-refractivity contribution in [2.45, 2.75) is 71.1 Å². The zero-order valence-corrected chi connectivity index (χ0v) is 22.3. The zero-order valence-electron chi connectivity index (χ0n) is 20.7. The second-order valence-corrected chi connectivity index (χ2v) is 7.40. The largest absolute Gasteiger partial charge is 0.184 e. The molecule has 0 aromatic heterocycles. The average Bonchev–Trinajstić information content (AvgIpc) is 2.92. The Bertz CT molecular complexity index is 586. The van der Waals surface area contributed by atoms with E-state index in [2.05, 4.69) is 19.1 Å². The van der Waals surface area contributed by atoms with Gasteiger partial charge in [0.2, 0.25) is 0 Å². The molecule has 0 spiro atoms. The molecule has 0 aliphatic rings. The number of aliphatic hydroxyl groups excluding tert-OH is 1. The SMILES string of the molecule is CCCCCCCCCCCCO.Oc1ccccc1.[O]=[Ti+2].[c-]1ccccc1.[c-]1ccccc1. The van der Waals surface area contributed by atoms with Gasteiger partial charge < -0.3 is 10.2 Å². The first-order valence-electron chi connectivity index (χ1n) is 12.2. The molecule has 0 amide bonds. The minimum Gasteiger partial charge on any atom is -0.184 e. The van der Waals surface area contributed by atoms with Crippen LogP contribution in [0.15, 0.2) is 91.0 Å². The molecule has 0 atom stereocenters. The molecular formula is C30H42O3Ti. The number of benzene rings is 3. The van der Waals surface area contributed by atoms with E-state index >= 15 is 0 Å². The van der Waals surface area contributed by atoms with E-state index in [9.17, 15) is 0 Å². The van der Waals surface area contributed by atoms with Crippen molar-refractivity contribution in [2.24, 2.45) is 0 Å². The number of hydrogen-bond acceptors (Lipinski definition) is 3. The van der Waals surface area contributed by atoms with E-state index in [4.69, 9.17) is 13.5 Å². The van der Waals surface area contributed by atoms with Crippen LogP contribution in [0.2, 0.25) is 0 Å². The van der Waals surface area contributed by atoms with Crippen LogP contribution in [0.4, 0.5) is 0 Å². The summed E-state index contributed by atoms with van der Waals surface area (Å²) < 4.78 is 8.25. The monoisotopic (exact) mass is 498 g/mol. The van der Waals surface area contributed by atoms with E-state index in [1.165, 1.54) is 57.8 Å². The first-order chi connectivity index (χ1) is 16.8. The van der Waals surface area contributed by atoms with Crippen LogP contribution in [-0.2, 0) is 23.7 Å². The Morgan fingerprint density at radius 1 is 0.588 bits per heavy atom. The van der Waals surface area contributed by atoms with E-state index in [0.29, 0.717) is 12.4 Å². The summed E-state index contributed by atoms with van der Waals surface area (Å²) in [6.45, 7) is 2.63. The second-order valence-electron chi connectivity index (χ2n) is 7.40. The molecule has 3 aromatic rings. The minimum atomic E-state index is 0.322. The summed E-state index contributed by atoms with van der Waals surface area (Å²) in [6, 6.07) is 33.7. The predicted molar refractivity (Wildman–Crippen MR) is 138 cm³/mol. The van der Waals surface area contributed by atoms with Crippen molar-refractivity contribution < 1.29 is 33.9 Å². The quantitative estimate of drug-likeness (QED) is 0.168. The number of phenolic OH excluding ortho intramolecular Hbond substituents is 1. The molecule has 3 rings (SSSR count). The van der Waals surface area contributed by atoms with Crippen molar-refractivity contribution >= 4 is 0 Å². The van der Waals surface area contributed by atoms with Gasteiger partial charge in [-0.15, -0.1) is 0 Å². The number of rotatable bonds is 10. The maximum Gasteiger partial charge on any atom is -0.171 e. The Labute approximate surface area is 220 Å². The first kappa shape index (κ1) is 34.1. The number of para-hydroxylation sites is 1. The fourth-order valence-corrected chi connectivity index (χ4v) is 2.71. The minimum absolute atomic E-state index is 0.322. The third kappa shape index (κ3) is 32.1.